The summed E-state index contributed by atoms with van der Waals surface area (Å²) in [6, 6.07) is 0. The molecular formula is C9H13NO2. The minimum absolute atomic E-state index is 0.0769. The standard InChI is InChI=1S/C9H13NO2/c1-6-7(2)10-4-8(5-12-3)9(6)11/h4H,5H2,1-3H3,(H,10,11). The molecule has 0 saturated heterocycles. The molecule has 12 heavy (non-hydrogen) atoms. The van der Waals surface area contributed by atoms with Crippen LogP contribution in [0.3, 0.4) is 0 Å². The van der Waals surface area contributed by atoms with Gasteiger partial charge in [0.15, 0.2) is 5.43 Å². The average Bonchev–Trinajstić information content (AvgIpc) is 2.07. The Morgan fingerprint density at radius 1 is 1.50 bits per heavy atom. The van der Waals surface area contributed by atoms with Crippen molar-refractivity contribution in [1.29, 1.82) is 0 Å². The highest BCUT2D eigenvalue weighted by Gasteiger charge is 2.03. The topological polar surface area (TPSA) is 42.1 Å². The summed E-state index contributed by atoms with van der Waals surface area (Å²) in [7, 11) is 1.58. The summed E-state index contributed by atoms with van der Waals surface area (Å²) in [6.07, 6.45) is 1.70. The van der Waals surface area contributed by atoms with Crippen molar-refractivity contribution in [2.75, 3.05) is 7.11 Å². The molecule has 0 aliphatic rings. The molecule has 1 heterocycles. The van der Waals surface area contributed by atoms with E-state index in [0.29, 0.717) is 12.2 Å². The normalized spacial score (nSPS) is 10.2. The first-order chi connectivity index (χ1) is 5.66. The van der Waals surface area contributed by atoms with Crippen LogP contribution in [-0.4, -0.2) is 12.1 Å². The van der Waals surface area contributed by atoms with Gasteiger partial charge in [0.05, 0.1) is 6.61 Å². The molecule has 0 spiro atoms. The van der Waals surface area contributed by atoms with E-state index in [-0.39, 0.29) is 5.43 Å². The number of aromatic amines is 1. The van der Waals surface area contributed by atoms with Crippen molar-refractivity contribution in [3.63, 3.8) is 0 Å². The molecule has 0 aliphatic carbocycles. The Kier molecular flexibility index (Phi) is 2.65. The first-order valence-corrected chi connectivity index (χ1v) is 3.83. The lowest BCUT2D eigenvalue weighted by Crippen LogP contribution is -2.14. The van der Waals surface area contributed by atoms with Crippen molar-refractivity contribution in [2.24, 2.45) is 0 Å². The number of aromatic nitrogens is 1. The first kappa shape index (κ1) is 9.00. The molecule has 1 aromatic rings. The molecule has 0 unspecified atom stereocenters. The predicted molar refractivity (Wildman–Crippen MR) is 47.2 cm³/mol. The highest BCUT2D eigenvalue weighted by molar-refractivity contribution is 5.22. The van der Waals surface area contributed by atoms with Crippen molar-refractivity contribution < 1.29 is 4.74 Å². The minimum atomic E-state index is 0.0769. The fourth-order valence-electron chi connectivity index (χ4n) is 1.04. The summed E-state index contributed by atoms with van der Waals surface area (Å²) in [5.74, 6) is 0. The maximum absolute atomic E-state index is 11.5. The lowest BCUT2D eigenvalue weighted by Gasteiger charge is -2.02. The Balaban J connectivity index is 3.18. The number of aryl methyl sites for hydroxylation is 1. The maximum Gasteiger partial charge on any atom is 0.190 e. The third-order valence-electron chi connectivity index (χ3n) is 1.96. The minimum Gasteiger partial charge on any atom is -0.380 e. The number of ether oxygens (including phenoxy) is 1. The van der Waals surface area contributed by atoms with Gasteiger partial charge in [-0.2, -0.15) is 0 Å². The molecule has 3 nitrogen and oxygen atoms in total. The van der Waals surface area contributed by atoms with Gasteiger partial charge in [-0.15, -0.1) is 0 Å². The van der Waals surface area contributed by atoms with Crippen LogP contribution in [0.15, 0.2) is 11.0 Å². The van der Waals surface area contributed by atoms with Crippen molar-refractivity contribution in [2.45, 2.75) is 20.5 Å². The predicted octanol–water partition coefficient (Wildman–Crippen LogP) is 1.14. The third-order valence-corrected chi connectivity index (χ3v) is 1.96. The maximum atomic E-state index is 11.5. The van der Waals surface area contributed by atoms with Crippen LogP contribution >= 0.6 is 0 Å². The monoisotopic (exact) mass is 167 g/mol. The van der Waals surface area contributed by atoms with Crippen LogP contribution in [0.1, 0.15) is 16.8 Å². The lowest BCUT2D eigenvalue weighted by atomic mass is 10.1. The second-order valence-corrected chi connectivity index (χ2v) is 2.83. The van der Waals surface area contributed by atoms with Gasteiger partial charge in [0.1, 0.15) is 0 Å². The third kappa shape index (κ3) is 1.56. The fraction of sp³-hybridized carbons (Fsp3) is 0.444. The Hall–Kier alpha value is -1.09. The zero-order chi connectivity index (χ0) is 9.14. The van der Waals surface area contributed by atoms with E-state index in [1.165, 1.54) is 0 Å². The van der Waals surface area contributed by atoms with Gasteiger partial charge in [-0.1, -0.05) is 0 Å². The molecule has 0 aliphatic heterocycles. The Morgan fingerprint density at radius 2 is 2.17 bits per heavy atom. The SMILES string of the molecule is COCc1c[nH]c(C)c(C)c1=O. The van der Waals surface area contributed by atoms with Crippen LogP contribution in [0, 0.1) is 13.8 Å². The van der Waals surface area contributed by atoms with Gasteiger partial charge < -0.3 is 9.72 Å². The zero-order valence-corrected chi connectivity index (χ0v) is 7.60. The Morgan fingerprint density at radius 3 is 2.75 bits per heavy atom. The highest BCUT2D eigenvalue weighted by Crippen LogP contribution is 1.99. The van der Waals surface area contributed by atoms with Gasteiger partial charge in [0.2, 0.25) is 0 Å². The lowest BCUT2D eigenvalue weighted by molar-refractivity contribution is 0.183. The van der Waals surface area contributed by atoms with E-state index in [4.69, 9.17) is 4.74 Å². The van der Waals surface area contributed by atoms with Crippen molar-refractivity contribution in [3.05, 3.63) is 33.2 Å². The number of H-pyrrole nitrogens is 1. The molecule has 0 bridgehead atoms. The summed E-state index contributed by atoms with van der Waals surface area (Å²) >= 11 is 0. The fourth-order valence-corrected chi connectivity index (χ4v) is 1.04. The van der Waals surface area contributed by atoms with Crippen LogP contribution < -0.4 is 5.43 Å². The molecule has 0 amide bonds. The average molecular weight is 167 g/mol. The van der Waals surface area contributed by atoms with Gasteiger partial charge in [-0.25, -0.2) is 0 Å². The van der Waals surface area contributed by atoms with Crippen molar-refractivity contribution >= 4 is 0 Å². The molecule has 0 fully saturated rings. The van der Waals surface area contributed by atoms with Crippen LogP contribution in [0.5, 0.6) is 0 Å². The molecule has 1 N–H and O–H groups in total. The van der Waals surface area contributed by atoms with E-state index in [0.717, 1.165) is 11.3 Å². The van der Waals surface area contributed by atoms with Crippen molar-refractivity contribution in [1.82, 2.24) is 4.98 Å². The van der Waals surface area contributed by atoms with E-state index in [1.807, 2.05) is 13.8 Å². The smallest absolute Gasteiger partial charge is 0.190 e. The van der Waals surface area contributed by atoms with E-state index >= 15 is 0 Å². The summed E-state index contributed by atoms with van der Waals surface area (Å²) in [5, 5.41) is 0. The van der Waals surface area contributed by atoms with Gasteiger partial charge in [0.25, 0.3) is 0 Å². The van der Waals surface area contributed by atoms with E-state index in [2.05, 4.69) is 4.98 Å². The van der Waals surface area contributed by atoms with E-state index < -0.39 is 0 Å². The molecule has 3 heteroatoms. The summed E-state index contributed by atoms with van der Waals surface area (Å²) in [5.41, 5.74) is 2.44. The van der Waals surface area contributed by atoms with Crippen molar-refractivity contribution in [3.8, 4) is 0 Å². The number of rotatable bonds is 2. The number of hydrogen-bond acceptors (Lipinski definition) is 2. The summed E-state index contributed by atoms with van der Waals surface area (Å²) in [4.78, 5) is 14.5. The quantitative estimate of drug-likeness (QED) is 0.717. The Labute approximate surface area is 71.4 Å². The van der Waals surface area contributed by atoms with E-state index in [1.54, 1.807) is 13.3 Å². The molecule has 1 rings (SSSR count). The van der Waals surface area contributed by atoms with Crippen LogP contribution in [-0.2, 0) is 11.3 Å². The molecule has 1 aromatic heterocycles. The second kappa shape index (κ2) is 3.54. The van der Waals surface area contributed by atoms with Crippen LogP contribution in [0.25, 0.3) is 0 Å². The highest BCUT2D eigenvalue weighted by atomic mass is 16.5. The molecule has 0 saturated carbocycles. The number of methoxy groups -OCH3 is 1. The van der Waals surface area contributed by atoms with Gasteiger partial charge in [-0.05, 0) is 13.8 Å². The number of pyridine rings is 1. The van der Waals surface area contributed by atoms with E-state index in [9.17, 15) is 4.79 Å². The second-order valence-electron chi connectivity index (χ2n) is 2.83. The molecule has 0 atom stereocenters. The molecule has 0 aromatic carbocycles. The first-order valence-electron chi connectivity index (χ1n) is 3.83. The molecular weight excluding hydrogens is 154 g/mol. The summed E-state index contributed by atoms with van der Waals surface area (Å²) in [6.45, 7) is 4.07. The van der Waals surface area contributed by atoms with Gasteiger partial charge in [0, 0.05) is 30.1 Å². The van der Waals surface area contributed by atoms with Gasteiger partial charge >= 0.3 is 0 Å². The number of nitrogens with one attached hydrogen (secondary N) is 1. The molecule has 66 valence electrons. The zero-order valence-electron chi connectivity index (χ0n) is 7.60. The Bertz CT molecular complexity index is 328. The molecule has 0 radical (unpaired) electrons. The number of hydrogen-bond donors (Lipinski definition) is 1. The van der Waals surface area contributed by atoms with Crippen LogP contribution in [0.4, 0.5) is 0 Å². The summed E-state index contributed by atoms with van der Waals surface area (Å²) < 4.78 is 4.88. The largest absolute Gasteiger partial charge is 0.380 e. The van der Waals surface area contributed by atoms with Gasteiger partial charge in [-0.3, -0.25) is 4.79 Å². The van der Waals surface area contributed by atoms with Crippen LogP contribution in [0.2, 0.25) is 0 Å².